The zero-order valence-electron chi connectivity index (χ0n) is 14.4. The van der Waals surface area contributed by atoms with Gasteiger partial charge in [-0.3, -0.25) is 0 Å². The number of methoxy groups -OCH3 is 1. The van der Waals surface area contributed by atoms with E-state index in [1.165, 1.54) is 19.2 Å². The first-order valence-electron chi connectivity index (χ1n) is 8.04. The van der Waals surface area contributed by atoms with Gasteiger partial charge in [0.1, 0.15) is 0 Å². The van der Waals surface area contributed by atoms with Crippen LogP contribution in [-0.2, 0) is 15.7 Å². The highest BCUT2D eigenvalue weighted by Crippen LogP contribution is 2.34. The van der Waals surface area contributed by atoms with Gasteiger partial charge in [0.25, 0.3) is 0 Å². The molecule has 1 atom stereocenters. The van der Waals surface area contributed by atoms with Gasteiger partial charge in [-0.25, -0.2) is 4.79 Å². The van der Waals surface area contributed by atoms with Gasteiger partial charge in [-0.05, 0) is 47.6 Å². The smallest absolute Gasteiger partial charge is 0.416 e. The van der Waals surface area contributed by atoms with Crippen LogP contribution in [0.4, 0.5) is 13.2 Å². The molecule has 1 heterocycles. The molecule has 4 nitrogen and oxygen atoms in total. The molecule has 28 heavy (non-hydrogen) atoms. The van der Waals surface area contributed by atoms with Crippen molar-refractivity contribution in [2.45, 2.75) is 12.2 Å². The normalized spacial score (nSPS) is 17.0. The number of nitrogens with one attached hydrogen (secondary N) is 2. The fraction of sp³-hybridized carbons (Fsp3) is 0.158. The van der Waals surface area contributed by atoms with Crippen molar-refractivity contribution in [1.29, 1.82) is 0 Å². The number of hydrogen-bond donors (Lipinski definition) is 2. The third-order valence-corrected chi connectivity index (χ3v) is 4.65. The maximum absolute atomic E-state index is 12.9. The molecule has 1 aliphatic heterocycles. The molecule has 2 aromatic carbocycles. The van der Waals surface area contributed by atoms with E-state index in [0.29, 0.717) is 16.1 Å². The number of alkyl halides is 3. The second-order valence-electron chi connectivity index (χ2n) is 5.94. The molecule has 0 saturated carbocycles. The van der Waals surface area contributed by atoms with Crippen molar-refractivity contribution in [1.82, 2.24) is 10.6 Å². The van der Waals surface area contributed by atoms with E-state index in [1.807, 2.05) is 0 Å². The fourth-order valence-corrected chi connectivity index (χ4v) is 3.20. The Kier molecular flexibility index (Phi) is 5.62. The summed E-state index contributed by atoms with van der Waals surface area (Å²) in [5.74, 6) is -0.641. The number of thiocarbonyl (C=S) groups is 1. The van der Waals surface area contributed by atoms with Gasteiger partial charge in [-0.2, -0.15) is 13.2 Å². The Labute approximate surface area is 169 Å². The van der Waals surface area contributed by atoms with Crippen molar-refractivity contribution >= 4 is 40.6 Å². The standard InChI is InChI=1S/C19H14ClF3N2O2S/c1-27-17(26)14-15(10-2-6-12(7-3-10)19(21,22)23)24-18(28)25-16(14)11-4-8-13(20)9-5-11/h2-9,16H,1H3,(H2,24,25,28). The van der Waals surface area contributed by atoms with Crippen molar-refractivity contribution in [3.05, 3.63) is 75.8 Å². The van der Waals surface area contributed by atoms with Crippen molar-refractivity contribution in [3.63, 3.8) is 0 Å². The fourth-order valence-electron chi connectivity index (χ4n) is 2.85. The summed E-state index contributed by atoms with van der Waals surface area (Å²) in [6.07, 6.45) is -4.46. The Hall–Kier alpha value is -2.58. The van der Waals surface area contributed by atoms with Crippen LogP contribution >= 0.6 is 23.8 Å². The maximum Gasteiger partial charge on any atom is 0.416 e. The van der Waals surface area contributed by atoms with Crippen LogP contribution in [0.5, 0.6) is 0 Å². The summed E-state index contributed by atoms with van der Waals surface area (Å²) < 4.78 is 43.5. The molecule has 1 unspecified atom stereocenters. The van der Waals surface area contributed by atoms with Crippen molar-refractivity contribution < 1.29 is 22.7 Å². The summed E-state index contributed by atoms with van der Waals surface area (Å²) in [4.78, 5) is 12.5. The van der Waals surface area contributed by atoms with E-state index in [1.54, 1.807) is 24.3 Å². The first kappa shape index (κ1) is 20.2. The van der Waals surface area contributed by atoms with Crippen LogP contribution in [0, 0.1) is 0 Å². The van der Waals surface area contributed by atoms with Gasteiger partial charge >= 0.3 is 12.1 Å². The molecule has 146 valence electrons. The number of hydrogen-bond acceptors (Lipinski definition) is 3. The zero-order chi connectivity index (χ0) is 20.5. The molecule has 2 aromatic rings. The molecule has 3 rings (SSSR count). The van der Waals surface area contributed by atoms with Crippen molar-refractivity contribution in [2.24, 2.45) is 0 Å². The van der Waals surface area contributed by atoms with E-state index >= 15 is 0 Å². The van der Waals surface area contributed by atoms with Crippen LogP contribution in [0.2, 0.25) is 5.02 Å². The number of carbonyl (C=O) groups excluding carboxylic acids is 1. The first-order valence-corrected chi connectivity index (χ1v) is 8.82. The Bertz CT molecular complexity index is 941. The van der Waals surface area contributed by atoms with Crippen molar-refractivity contribution in [2.75, 3.05) is 7.11 Å². The lowest BCUT2D eigenvalue weighted by molar-refractivity contribution is -0.138. The summed E-state index contributed by atoms with van der Waals surface area (Å²) in [5.41, 5.74) is 0.749. The molecule has 0 aliphatic carbocycles. The van der Waals surface area contributed by atoms with E-state index in [2.05, 4.69) is 10.6 Å². The third-order valence-electron chi connectivity index (χ3n) is 4.18. The Morgan fingerprint density at radius 3 is 2.25 bits per heavy atom. The van der Waals surface area contributed by atoms with Gasteiger partial charge in [-0.15, -0.1) is 0 Å². The lowest BCUT2D eigenvalue weighted by Crippen LogP contribution is -2.45. The Morgan fingerprint density at radius 1 is 1.11 bits per heavy atom. The van der Waals surface area contributed by atoms with Gasteiger partial charge in [0.05, 0.1) is 30.0 Å². The van der Waals surface area contributed by atoms with Crippen LogP contribution in [0.15, 0.2) is 54.1 Å². The maximum atomic E-state index is 12.9. The topological polar surface area (TPSA) is 50.4 Å². The van der Waals surface area contributed by atoms with Gasteiger partial charge < -0.3 is 15.4 Å². The van der Waals surface area contributed by atoms with E-state index < -0.39 is 23.8 Å². The third kappa shape index (κ3) is 4.13. The molecule has 0 fully saturated rings. The van der Waals surface area contributed by atoms with Crippen LogP contribution < -0.4 is 10.6 Å². The van der Waals surface area contributed by atoms with Crippen LogP contribution in [0.1, 0.15) is 22.7 Å². The highest BCUT2D eigenvalue weighted by molar-refractivity contribution is 7.80. The van der Waals surface area contributed by atoms with Gasteiger partial charge in [-0.1, -0.05) is 35.9 Å². The molecule has 1 aliphatic rings. The molecular weight excluding hydrogens is 413 g/mol. The summed E-state index contributed by atoms with van der Waals surface area (Å²) >= 11 is 11.2. The number of halogens is 4. The Balaban J connectivity index is 2.14. The molecular formula is C19H14ClF3N2O2S. The average Bonchev–Trinajstić information content (AvgIpc) is 2.66. The number of benzene rings is 2. The van der Waals surface area contributed by atoms with E-state index in [9.17, 15) is 18.0 Å². The largest absolute Gasteiger partial charge is 0.466 e. The predicted molar refractivity (Wildman–Crippen MR) is 103 cm³/mol. The SMILES string of the molecule is COC(=O)C1=C(c2ccc(C(F)(F)F)cc2)NC(=S)NC1c1ccc(Cl)cc1. The molecule has 2 N–H and O–H groups in total. The van der Waals surface area contributed by atoms with E-state index in [4.69, 9.17) is 28.6 Å². The highest BCUT2D eigenvalue weighted by atomic mass is 35.5. The van der Waals surface area contributed by atoms with E-state index in [0.717, 1.165) is 12.1 Å². The molecule has 0 saturated heterocycles. The second kappa shape index (κ2) is 7.81. The molecule has 0 aromatic heterocycles. The Morgan fingerprint density at radius 2 is 1.71 bits per heavy atom. The number of ether oxygens (including phenoxy) is 1. The first-order chi connectivity index (χ1) is 13.2. The van der Waals surface area contributed by atoms with Crippen LogP contribution in [0.25, 0.3) is 5.70 Å². The highest BCUT2D eigenvalue weighted by Gasteiger charge is 2.34. The van der Waals surface area contributed by atoms with Crippen LogP contribution in [0.3, 0.4) is 0 Å². The number of rotatable bonds is 3. The number of esters is 1. The zero-order valence-corrected chi connectivity index (χ0v) is 16.0. The minimum Gasteiger partial charge on any atom is -0.466 e. The number of carbonyl (C=O) groups is 1. The summed E-state index contributed by atoms with van der Waals surface area (Å²) in [6.45, 7) is 0. The van der Waals surface area contributed by atoms with Crippen LogP contribution in [-0.4, -0.2) is 18.2 Å². The van der Waals surface area contributed by atoms with Gasteiger partial charge in [0.15, 0.2) is 5.11 Å². The molecule has 0 radical (unpaired) electrons. The summed E-state index contributed by atoms with van der Waals surface area (Å²) in [6, 6.07) is 10.6. The van der Waals surface area contributed by atoms with Crippen molar-refractivity contribution in [3.8, 4) is 0 Å². The predicted octanol–water partition coefficient (Wildman–Crippen LogP) is 4.46. The molecule has 0 amide bonds. The lowest BCUT2D eigenvalue weighted by Gasteiger charge is -2.31. The van der Waals surface area contributed by atoms with Gasteiger partial charge in [0.2, 0.25) is 0 Å². The summed E-state index contributed by atoms with van der Waals surface area (Å²) in [5, 5.41) is 6.60. The average molecular weight is 427 g/mol. The summed E-state index contributed by atoms with van der Waals surface area (Å²) in [7, 11) is 1.23. The molecule has 0 spiro atoms. The minimum atomic E-state index is -4.46. The second-order valence-corrected chi connectivity index (χ2v) is 6.78. The minimum absolute atomic E-state index is 0.193. The van der Waals surface area contributed by atoms with Gasteiger partial charge in [0, 0.05) is 5.02 Å². The van der Waals surface area contributed by atoms with E-state index in [-0.39, 0.29) is 16.4 Å². The monoisotopic (exact) mass is 426 g/mol. The quantitative estimate of drug-likeness (QED) is 0.560. The molecule has 0 bridgehead atoms. The lowest BCUT2D eigenvalue weighted by atomic mass is 9.92. The molecule has 9 heteroatoms.